The Morgan fingerprint density at radius 2 is 2.21 bits per heavy atom. The van der Waals surface area contributed by atoms with Crippen LogP contribution >= 0.6 is 11.8 Å². The highest BCUT2D eigenvalue weighted by atomic mass is 32.2. The van der Waals surface area contributed by atoms with Crippen LogP contribution in [0.3, 0.4) is 0 Å². The zero-order chi connectivity index (χ0) is 14.3. The molecule has 0 unspecified atom stereocenters. The number of benzene rings is 1. The van der Waals surface area contributed by atoms with E-state index in [4.69, 9.17) is 0 Å². The topological polar surface area (TPSA) is 56.1 Å². The first-order chi connectivity index (χ1) is 9.17. The number of likely N-dealkylation sites (N-methyl/N-ethyl adjacent to an activating group) is 2. The quantitative estimate of drug-likeness (QED) is 0.810. The van der Waals surface area contributed by atoms with Gasteiger partial charge in [-0.2, -0.15) is 5.26 Å². The van der Waals surface area contributed by atoms with Gasteiger partial charge in [0.25, 0.3) is 0 Å². The van der Waals surface area contributed by atoms with Crippen LogP contribution in [0.1, 0.15) is 19.4 Å². The molecule has 1 amide bonds. The van der Waals surface area contributed by atoms with Crippen LogP contribution < -0.4 is 10.2 Å². The third-order valence-corrected chi connectivity index (χ3v) is 3.55. The SMILES string of the molecule is CCNC(=O)CN(CC)c1cccc(SC)c1C#N. The van der Waals surface area contributed by atoms with E-state index in [0.29, 0.717) is 18.7 Å². The molecule has 0 atom stereocenters. The van der Waals surface area contributed by atoms with Gasteiger partial charge in [-0.1, -0.05) is 6.07 Å². The minimum absolute atomic E-state index is 0.0252. The molecule has 0 bridgehead atoms. The number of hydrogen-bond acceptors (Lipinski definition) is 4. The standard InChI is InChI=1S/C14H19N3OS/c1-4-16-14(18)10-17(5-2)12-7-6-8-13(19-3)11(12)9-15/h6-8H,4-5,10H2,1-3H3,(H,16,18). The molecule has 0 aliphatic rings. The number of rotatable bonds is 6. The summed E-state index contributed by atoms with van der Waals surface area (Å²) in [7, 11) is 0. The average molecular weight is 277 g/mol. The van der Waals surface area contributed by atoms with Gasteiger partial charge in [-0.25, -0.2) is 0 Å². The summed E-state index contributed by atoms with van der Waals surface area (Å²) < 4.78 is 0. The second-order valence-corrected chi connectivity index (χ2v) is 4.78. The van der Waals surface area contributed by atoms with Crippen molar-refractivity contribution in [3.63, 3.8) is 0 Å². The summed E-state index contributed by atoms with van der Waals surface area (Å²) >= 11 is 1.54. The summed E-state index contributed by atoms with van der Waals surface area (Å²) in [6.45, 7) is 5.45. The van der Waals surface area contributed by atoms with E-state index in [9.17, 15) is 10.1 Å². The molecule has 19 heavy (non-hydrogen) atoms. The predicted molar refractivity (Wildman–Crippen MR) is 79.5 cm³/mol. The minimum atomic E-state index is -0.0252. The van der Waals surface area contributed by atoms with Crippen LogP contribution in [0.5, 0.6) is 0 Å². The molecule has 0 radical (unpaired) electrons. The van der Waals surface area contributed by atoms with Crippen molar-refractivity contribution in [2.75, 3.05) is 30.8 Å². The summed E-state index contributed by atoms with van der Waals surface area (Å²) in [5.41, 5.74) is 1.46. The van der Waals surface area contributed by atoms with Crippen molar-refractivity contribution < 1.29 is 4.79 Å². The average Bonchev–Trinajstić information content (AvgIpc) is 2.44. The van der Waals surface area contributed by atoms with Crippen LogP contribution in [-0.4, -0.2) is 31.8 Å². The molecular weight excluding hydrogens is 258 g/mol. The molecule has 0 saturated carbocycles. The van der Waals surface area contributed by atoms with Gasteiger partial charge in [0.2, 0.25) is 5.91 Å². The van der Waals surface area contributed by atoms with Gasteiger partial charge in [0, 0.05) is 18.0 Å². The monoisotopic (exact) mass is 277 g/mol. The molecule has 0 aromatic heterocycles. The molecule has 1 aromatic rings. The molecule has 0 saturated heterocycles. The number of hydrogen-bond donors (Lipinski definition) is 1. The van der Waals surface area contributed by atoms with Gasteiger partial charge in [-0.3, -0.25) is 4.79 Å². The highest BCUT2D eigenvalue weighted by molar-refractivity contribution is 7.98. The molecule has 0 fully saturated rings. The fraction of sp³-hybridized carbons (Fsp3) is 0.429. The first-order valence-electron chi connectivity index (χ1n) is 6.26. The molecule has 1 rings (SSSR count). The summed E-state index contributed by atoms with van der Waals surface area (Å²) in [5.74, 6) is -0.0252. The Labute approximate surface area is 118 Å². The first-order valence-corrected chi connectivity index (χ1v) is 7.49. The van der Waals surface area contributed by atoms with Gasteiger partial charge in [-0.05, 0) is 32.2 Å². The lowest BCUT2D eigenvalue weighted by atomic mass is 10.1. The molecule has 5 heteroatoms. The smallest absolute Gasteiger partial charge is 0.239 e. The number of anilines is 1. The van der Waals surface area contributed by atoms with Crippen molar-refractivity contribution in [3.05, 3.63) is 23.8 Å². The molecule has 0 spiro atoms. The van der Waals surface area contributed by atoms with Gasteiger partial charge < -0.3 is 10.2 Å². The Balaban J connectivity index is 3.05. The Bertz CT molecular complexity index is 482. The number of thioether (sulfide) groups is 1. The fourth-order valence-corrected chi connectivity index (χ4v) is 2.43. The van der Waals surface area contributed by atoms with Crippen molar-refractivity contribution >= 4 is 23.4 Å². The van der Waals surface area contributed by atoms with Gasteiger partial charge >= 0.3 is 0 Å². The lowest BCUT2D eigenvalue weighted by Crippen LogP contribution is -2.37. The second-order valence-electron chi connectivity index (χ2n) is 3.93. The molecule has 1 N–H and O–H groups in total. The Kier molecular flexibility index (Phi) is 6.23. The third kappa shape index (κ3) is 3.90. The minimum Gasteiger partial charge on any atom is -0.361 e. The molecule has 0 aliphatic carbocycles. The summed E-state index contributed by atoms with van der Waals surface area (Å²) in [4.78, 5) is 14.6. The van der Waals surface area contributed by atoms with Crippen molar-refractivity contribution in [2.24, 2.45) is 0 Å². The Morgan fingerprint density at radius 1 is 1.47 bits per heavy atom. The molecule has 102 valence electrons. The van der Waals surface area contributed by atoms with Crippen molar-refractivity contribution in [2.45, 2.75) is 18.7 Å². The van der Waals surface area contributed by atoms with E-state index in [1.807, 2.05) is 43.2 Å². The zero-order valence-electron chi connectivity index (χ0n) is 11.6. The van der Waals surface area contributed by atoms with E-state index in [-0.39, 0.29) is 12.5 Å². The number of amides is 1. The second kappa shape index (κ2) is 7.70. The van der Waals surface area contributed by atoms with Gasteiger partial charge in [-0.15, -0.1) is 11.8 Å². The van der Waals surface area contributed by atoms with Crippen LogP contribution in [0, 0.1) is 11.3 Å². The largest absolute Gasteiger partial charge is 0.361 e. The number of nitriles is 1. The molecular formula is C14H19N3OS. The third-order valence-electron chi connectivity index (χ3n) is 2.77. The summed E-state index contributed by atoms with van der Waals surface area (Å²) in [6, 6.07) is 7.97. The normalized spacial score (nSPS) is 9.79. The van der Waals surface area contributed by atoms with Gasteiger partial charge in [0.1, 0.15) is 6.07 Å². The van der Waals surface area contributed by atoms with Crippen molar-refractivity contribution in [1.82, 2.24) is 5.32 Å². The first kappa shape index (κ1) is 15.4. The Morgan fingerprint density at radius 3 is 2.74 bits per heavy atom. The van der Waals surface area contributed by atoms with Crippen LogP contribution in [0.15, 0.2) is 23.1 Å². The van der Waals surface area contributed by atoms with E-state index in [2.05, 4.69) is 11.4 Å². The van der Waals surface area contributed by atoms with E-state index in [0.717, 1.165) is 10.6 Å². The number of nitrogens with zero attached hydrogens (tertiary/aromatic N) is 2. The van der Waals surface area contributed by atoms with Crippen LogP contribution in [0.4, 0.5) is 5.69 Å². The summed E-state index contributed by atoms with van der Waals surface area (Å²) in [5, 5.41) is 12.1. The van der Waals surface area contributed by atoms with Crippen LogP contribution in [0.25, 0.3) is 0 Å². The zero-order valence-corrected chi connectivity index (χ0v) is 12.4. The van der Waals surface area contributed by atoms with Gasteiger partial charge in [0.05, 0.1) is 17.8 Å². The highest BCUT2D eigenvalue weighted by Gasteiger charge is 2.15. The number of nitrogens with one attached hydrogen (secondary N) is 1. The van der Waals surface area contributed by atoms with E-state index in [1.54, 1.807) is 11.8 Å². The van der Waals surface area contributed by atoms with E-state index < -0.39 is 0 Å². The maximum absolute atomic E-state index is 11.7. The van der Waals surface area contributed by atoms with Crippen LogP contribution in [0.2, 0.25) is 0 Å². The Hall–Kier alpha value is -1.67. The molecule has 4 nitrogen and oxygen atoms in total. The maximum atomic E-state index is 11.7. The van der Waals surface area contributed by atoms with Gasteiger partial charge in [0.15, 0.2) is 0 Å². The van der Waals surface area contributed by atoms with E-state index in [1.165, 1.54) is 0 Å². The lowest BCUT2D eigenvalue weighted by molar-refractivity contribution is -0.119. The van der Waals surface area contributed by atoms with Crippen molar-refractivity contribution in [1.29, 1.82) is 5.26 Å². The highest BCUT2D eigenvalue weighted by Crippen LogP contribution is 2.28. The maximum Gasteiger partial charge on any atom is 0.239 e. The molecule has 1 aromatic carbocycles. The molecule has 0 aliphatic heterocycles. The van der Waals surface area contributed by atoms with E-state index >= 15 is 0 Å². The van der Waals surface area contributed by atoms with Crippen molar-refractivity contribution in [3.8, 4) is 6.07 Å². The number of carbonyl (C=O) groups is 1. The number of carbonyl (C=O) groups excluding carboxylic acids is 1. The predicted octanol–water partition coefficient (Wildman–Crippen LogP) is 2.24. The molecule has 0 heterocycles. The van der Waals surface area contributed by atoms with Crippen LogP contribution in [-0.2, 0) is 4.79 Å². The lowest BCUT2D eigenvalue weighted by Gasteiger charge is -2.24. The summed E-state index contributed by atoms with van der Waals surface area (Å²) in [6.07, 6.45) is 1.94. The fourth-order valence-electron chi connectivity index (χ4n) is 1.86.